The first kappa shape index (κ1) is 17.0. The van der Waals surface area contributed by atoms with E-state index < -0.39 is 11.8 Å². The summed E-state index contributed by atoms with van der Waals surface area (Å²) in [4.78, 5) is 11.6. The Morgan fingerprint density at radius 3 is 2.68 bits per heavy atom. The highest BCUT2D eigenvalue weighted by atomic mass is 79.9. The second-order valence-corrected chi connectivity index (χ2v) is 6.09. The molecule has 0 aliphatic heterocycles. The van der Waals surface area contributed by atoms with Gasteiger partial charge in [0.05, 0.1) is 10.0 Å². The third kappa shape index (κ3) is 4.83. The van der Waals surface area contributed by atoms with Crippen LogP contribution in [0, 0.1) is 5.82 Å². The molecule has 0 aromatic heterocycles. The Morgan fingerprint density at radius 2 is 1.95 bits per heavy atom. The highest BCUT2D eigenvalue weighted by Crippen LogP contribution is 2.23. The van der Waals surface area contributed by atoms with Crippen molar-refractivity contribution in [2.75, 3.05) is 0 Å². The molecule has 2 nitrogen and oxygen atoms in total. The molecule has 0 aliphatic carbocycles. The second kappa shape index (κ2) is 7.77. The van der Waals surface area contributed by atoms with Crippen molar-refractivity contribution in [2.24, 2.45) is 0 Å². The number of hydrogen-bond acceptors (Lipinski definition) is 2. The van der Waals surface area contributed by atoms with Crippen molar-refractivity contribution in [3.63, 3.8) is 0 Å². The molecule has 0 aliphatic rings. The SMILES string of the molecule is O=C(/C=C/c1cc(Br)ccc1F)OCc1ccc(Cl)c(Cl)c1. The van der Waals surface area contributed by atoms with Crippen LogP contribution >= 0.6 is 39.1 Å². The Labute approximate surface area is 145 Å². The van der Waals surface area contributed by atoms with Gasteiger partial charge in [0.25, 0.3) is 0 Å². The van der Waals surface area contributed by atoms with Crippen molar-refractivity contribution in [3.05, 3.63) is 73.9 Å². The fourth-order valence-electron chi connectivity index (χ4n) is 1.63. The lowest BCUT2D eigenvalue weighted by Crippen LogP contribution is -2.00. The smallest absolute Gasteiger partial charge is 0.331 e. The van der Waals surface area contributed by atoms with Gasteiger partial charge in [-0.2, -0.15) is 0 Å². The van der Waals surface area contributed by atoms with E-state index in [4.69, 9.17) is 27.9 Å². The van der Waals surface area contributed by atoms with Gasteiger partial charge < -0.3 is 4.74 Å². The summed E-state index contributed by atoms with van der Waals surface area (Å²) in [6.07, 6.45) is 2.53. The topological polar surface area (TPSA) is 26.3 Å². The number of rotatable bonds is 4. The number of ether oxygens (including phenoxy) is 1. The van der Waals surface area contributed by atoms with Crippen molar-refractivity contribution in [1.82, 2.24) is 0 Å². The lowest BCUT2D eigenvalue weighted by atomic mass is 10.2. The molecule has 0 N–H and O–H groups in total. The van der Waals surface area contributed by atoms with Gasteiger partial charge >= 0.3 is 5.97 Å². The van der Waals surface area contributed by atoms with E-state index in [2.05, 4.69) is 15.9 Å². The van der Waals surface area contributed by atoms with Gasteiger partial charge in [-0.25, -0.2) is 9.18 Å². The lowest BCUT2D eigenvalue weighted by molar-refractivity contribution is -0.138. The maximum Gasteiger partial charge on any atom is 0.331 e. The average Bonchev–Trinajstić information content (AvgIpc) is 2.49. The molecule has 0 fully saturated rings. The van der Waals surface area contributed by atoms with E-state index in [1.165, 1.54) is 18.2 Å². The molecule has 0 atom stereocenters. The van der Waals surface area contributed by atoms with Crippen LogP contribution in [-0.2, 0) is 16.1 Å². The Kier molecular flexibility index (Phi) is 6.00. The minimum Gasteiger partial charge on any atom is -0.458 e. The van der Waals surface area contributed by atoms with Gasteiger partial charge in [-0.05, 0) is 42.0 Å². The molecule has 22 heavy (non-hydrogen) atoms. The third-order valence-electron chi connectivity index (χ3n) is 2.72. The number of benzene rings is 2. The molecule has 114 valence electrons. The van der Waals surface area contributed by atoms with Crippen LogP contribution in [0.1, 0.15) is 11.1 Å². The molecule has 0 heterocycles. The summed E-state index contributed by atoms with van der Waals surface area (Å²) >= 11 is 14.9. The summed E-state index contributed by atoms with van der Waals surface area (Å²) < 4.78 is 19.3. The van der Waals surface area contributed by atoms with Crippen molar-refractivity contribution in [1.29, 1.82) is 0 Å². The Morgan fingerprint density at radius 1 is 1.18 bits per heavy atom. The summed E-state index contributed by atoms with van der Waals surface area (Å²) in [6, 6.07) is 9.41. The maximum atomic E-state index is 13.5. The standard InChI is InChI=1S/C16H10BrCl2FO2/c17-12-3-5-15(20)11(8-12)2-6-16(21)22-9-10-1-4-13(18)14(19)7-10/h1-8H,9H2/b6-2+. The van der Waals surface area contributed by atoms with Crippen molar-refractivity contribution in [2.45, 2.75) is 6.61 Å². The number of esters is 1. The van der Waals surface area contributed by atoms with Crippen LogP contribution in [0.3, 0.4) is 0 Å². The zero-order valence-corrected chi connectivity index (χ0v) is 14.3. The zero-order chi connectivity index (χ0) is 16.1. The molecular weight excluding hydrogens is 394 g/mol. The van der Waals surface area contributed by atoms with Crippen LogP contribution in [0.25, 0.3) is 6.08 Å². The lowest BCUT2D eigenvalue weighted by Gasteiger charge is -2.04. The average molecular weight is 404 g/mol. The van der Waals surface area contributed by atoms with E-state index in [1.54, 1.807) is 30.3 Å². The highest BCUT2D eigenvalue weighted by molar-refractivity contribution is 9.10. The summed E-state index contributed by atoms with van der Waals surface area (Å²) in [5.41, 5.74) is 1.01. The molecule has 0 saturated heterocycles. The normalized spacial score (nSPS) is 10.9. The van der Waals surface area contributed by atoms with Gasteiger partial charge in [0.2, 0.25) is 0 Å². The van der Waals surface area contributed by atoms with Crippen molar-refractivity contribution in [3.8, 4) is 0 Å². The van der Waals surface area contributed by atoms with E-state index in [-0.39, 0.29) is 6.61 Å². The maximum absolute atomic E-state index is 13.5. The Hall–Kier alpha value is -1.36. The molecule has 0 amide bonds. The van der Waals surface area contributed by atoms with Crippen LogP contribution in [0.2, 0.25) is 10.0 Å². The molecule has 2 aromatic carbocycles. The van der Waals surface area contributed by atoms with Gasteiger partial charge in [-0.15, -0.1) is 0 Å². The fraction of sp³-hybridized carbons (Fsp3) is 0.0625. The molecule has 2 aromatic rings. The van der Waals surface area contributed by atoms with Crippen LogP contribution < -0.4 is 0 Å². The van der Waals surface area contributed by atoms with E-state index in [0.717, 1.165) is 4.47 Å². The molecule has 0 radical (unpaired) electrons. The predicted molar refractivity (Wildman–Crippen MR) is 89.4 cm³/mol. The molecule has 0 unspecified atom stereocenters. The monoisotopic (exact) mass is 402 g/mol. The largest absolute Gasteiger partial charge is 0.458 e. The first-order valence-corrected chi connectivity index (χ1v) is 7.74. The third-order valence-corrected chi connectivity index (χ3v) is 3.95. The molecule has 6 heteroatoms. The molecule has 2 rings (SSSR count). The fourth-order valence-corrected chi connectivity index (χ4v) is 2.33. The molecular formula is C16H10BrCl2FO2. The minimum atomic E-state index is -0.578. The Balaban J connectivity index is 1.96. The van der Waals surface area contributed by atoms with Gasteiger partial charge in [-0.1, -0.05) is 45.2 Å². The van der Waals surface area contributed by atoms with Crippen molar-refractivity contribution < 1.29 is 13.9 Å². The molecule has 0 bridgehead atoms. The second-order valence-electron chi connectivity index (χ2n) is 4.36. The van der Waals surface area contributed by atoms with E-state index >= 15 is 0 Å². The summed E-state index contributed by atoms with van der Waals surface area (Å²) in [7, 11) is 0. The van der Waals surface area contributed by atoms with Crippen LogP contribution in [-0.4, -0.2) is 5.97 Å². The quantitative estimate of drug-likeness (QED) is 0.486. The van der Waals surface area contributed by atoms with Gasteiger partial charge in [0.15, 0.2) is 0 Å². The number of carbonyl (C=O) groups excluding carboxylic acids is 1. The summed E-state index contributed by atoms with van der Waals surface area (Å²) in [5, 5.41) is 0.823. The molecule has 0 spiro atoms. The van der Waals surface area contributed by atoms with Crippen LogP contribution in [0.15, 0.2) is 46.9 Å². The summed E-state index contributed by atoms with van der Waals surface area (Å²) in [6.45, 7) is 0.0566. The zero-order valence-electron chi connectivity index (χ0n) is 11.2. The van der Waals surface area contributed by atoms with Crippen molar-refractivity contribution >= 4 is 51.2 Å². The van der Waals surface area contributed by atoms with Crippen LogP contribution in [0.5, 0.6) is 0 Å². The highest BCUT2D eigenvalue weighted by Gasteiger charge is 2.04. The van der Waals surface area contributed by atoms with Gasteiger partial charge in [0.1, 0.15) is 12.4 Å². The first-order chi connectivity index (χ1) is 10.5. The van der Waals surface area contributed by atoms with Gasteiger partial charge in [-0.3, -0.25) is 0 Å². The number of halogens is 4. The predicted octanol–water partition coefficient (Wildman–Crippen LogP) is 5.65. The van der Waals surface area contributed by atoms with E-state index in [9.17, 15) is 9.18 Å². The van der Waals surface area contributed by atoms with Gasteiger partial charge in [0, 0.05) is 16.1 Å². The minimum absolute atomic E-state index is 0.0566. The number of hydrogen-bond donors (Lipinski definition) is 0. The van der Waals surface area contributed by atoms with Crippen LogP contribution in [0.4, 0.5) is 4.39 Å². The molecule has 0 saturated carbocycles. The first-order valence-electron chi connectivity index (χ1n) is 6.19. The van der Waals surface area contributed by atoms with E-state index in [1.807, 2.05) is 0 Å². The Bertz CT molecular complexity index is 732. The number of carbonyl (C=O) groups is 1. The van der Waals surface area contributed by atoms with E-state index in [0.29, 0.717) is 21.2 Å². The summed E-state index contributed by atoms with van der Waals surface area (Å²) in [5.74, 6) is -0.998.